The van der Waals surface area contributed by atoms with Crippen LogP contribution < -0.4 is 10.1 Å². The van der Waals surface area contributed by atoms with Crippen LogP contribution in [0.15, 0.2) is 36.7 Å². The van der Waals surface area contributed by atoms with Gasteiger partial charge in [0.2, 0.25) is 5.91 Å². The molecule has 6 nitrogen and oxygen atoms in total. The first-order valence-corrected chi connectivity index (χ1v) is 7.60. The SMILES string of the molecule is CCOc1ccc(CC(=O)NCC(C)(O)c2cnn(C)c2)cc1. The predicted octanol–water partition coefficient (Wildman–Crippen LogP) is 1.39. The number of ether oxygens (including phenoxy) is 1. The zero-order chi connectivity index (χ0) is 16.9. The monoisotopic (exact) mass is 317 g/mol. The molecule has 2 rings (SSSR count). The molecule has 0 aliphatic rings. The van der Waals surface area contributed by atoms with E-state index in [1.807, 2.05) is 31.2 Å². The van der Waals surface area contributed by atoms with Gasteiger partial charge in [-0.2, -0.15) is 5.10 Å². The Labute approximate surface area is 136 Å². The Kier molecular flexibility index (Phi) is 5.39. The lowest BCUT2D eigenvalue weighted by Gasteiger charge is -2.22. The Hall–Kier alpha value is -2.34. The summed E-state index contributed by atoms with van der Waals surface area (Å²) in [4.78, 5) is 12.0. The van der Waals surface area contributed by atoms with E-state index in [0.29, 0.717) is 12.2 Å². The summed E-state index contributed by atoms with van der Waals surface area (Å²) in [6, 6.07) is 7.42. The van der Waals surface area contributed by atoms with Gasteiger partial charge < -0.3 is 15.2 Å². The third-order valence-electron chi connectivity index (χ3n) is 3.56. The number of aryl methyl sites for hydroxylation is 1. The molecule has 0 aliphatic carbocycles. The maximum atomic E-state index is 12.0. The van der Waals surface area contributed by atoms with E-state index in [4.69, 9.17) is 4.74 Å². The molecular weight excluding hydrogens is 294 g/mol. The summed E-state index contributed by atoms with van der Waals surface area (Å²) in [5.74, 6) is 0.648. The molecular formula is C17H23N3O3. The molecule has 1 heterocycles. The van der Waals surface area contributed by atoms with Gasteiger partial charge in [0.05, 0.1) is 25.8 Å². The van der Waals surface area contributed by atoms with Crippen LogP contribution in [-0.4, -0.2) is 33.9 Å². The molecule has 0 radical (unpaired) electrons. The first-order valence-electron chi connectivity index (χ1n) is 7.60. The summed E-state index contributed by atoms with van der Waals surface area (Å²) in [5, 5.41) is 17.2. The van der Waals surface area contributed by atoms with Gasteiger partial charge in [-0.15, -0.1) is 0 Å². The Morgan fingerprint density at radius 1 is 1.39 bits per heavy atom. The molecule has 0 saturated heterocycles. The van der Waals surface area contributed by atoms with Crippen molar-refractivity contribution in [2.75, 3.05) is 13.2 Å². The molecule has 23 heavy (non-hydrogen) atoms. The smallest absolute Gasteiger partial charge is 0.224 e. The predicted molar refractivity (Wildman–Crippen MR) is 87.1 cm³/mol. The molecule has 1 aromatic heterocycles. The van der Waals surface area contributed by atoms with Gasteiger partial charge in [0.25, 0.3) is 0 Å². The Bertz CT molecular complexity index is 647. The number of aliphatic hydroxyl groups is 1. The minimum absolute atomic E-state index is 0.133. The Morgan fingerprint density at radius 3 is 2.65 bits per heavy atom. The number of hydrogen-bond acceptors (Lipinski definition) is 4. The van der Waals surface area contributed by atoms with E-state index in [1.165, 1.54) is 0 Å². The fourth-order valence-corrected chi connectivity index (χ4v) is 2.19. The van der Waals surface area contributed by atoms with Crippen LogP contribution in [0.4, 0.5) is 0 Å². The molecule has 1 unspecified atom stereocenters. The van der Waals surface area contributed by atoms with Gasteiger partial charge in [-0.25, -0.2) is 0 Å². The second kappa shape index (κ2) is 7.28. The number of rotatable bonds is 7. The molecule has 0 fully saturated rings. The van der Waals surface area contributed by atoms with Gasteiger partial charge in [-0.3, -0.25) is 9.48 Å². The summed E-state index contributed by atoms with van der Waals surface area (Å²) in [7, 11) is 1.78. The number of benzene rings is 1. The van der Waals surface area contributed by atoms with Gasteiger partial charge >= 0.3 is 0 Å². The van der Waals surface area contributed by atoms with Crippen LogP contribution in [-0.2, 0) is 23.9 Å². The number of nitrogens with one attached hydrogen (secondary N) is 1. The normalized spacial score (nSPS) is 13.4. The topological polar surface area (TPSA) is 76.4 Å². The third-order valence-corrected chi connectivity index (χ3v) is 3.56. The summed E-state index contributed by atoms with van der Waals surface area (Å²) in [5.41, 5.74) is 0.413. The van der Waals surface area contributed by atoms with Crippen molar-refractivity contribution in [1.29, 1.82) is 0 Å². The molecule has 1 amide bonds. The average molecular weight is 317 g/mol. The molecule has 1 aromatic carbocycles. The summed E-state index contributed by atoms with van der Waals surface area (Å²) in [6.07, 6.45) is 3.59. The van der Waals surface area contributed by atoms with Crippen molar-refractivity contribution >= 4 is 5.91 Å². The molecule has 0 spiro atoms. The Morgan fingerprint density at radius 2 is 2.09 bits per heavy atom. The summed E-state index contributed by atoms with van der Waals surface area (Å²) < 4.78 is 6.98. The minimum Gasteiger partial charge on any atom is -0.494 e. The van der Waals surface area contributed by atoms with Crippen molar-refractivity contribution in [2.45, 2.75) is 25.9 Å². The highest BCUT2D eigenvalue weighted by molar-refractivity contribution is 5.78. The van der Waals surface area contributed by atoms with Crippen LogP contribution in [0.1, 0.15) is 25.0 Å². The number of nitrogens with zero attached hydrogens (tertiary/aromatic N) is 2. The van der Waals surface area contributed by atoms with Gasteiger partial charge in [-0.1, -0.05) is 12.1 Å². The highest BCUT2D eigenvalue weighted by Gasteiger charge is 2.25. The Balaban J connectivity index is 1.87. The maximum absolute atomic E-state index is 12.0. The van der Waals surface area contributed by atoms with E-state index in [2.05, 4.69) is 10.4 Å². The number of carbonyl (C=O) groups excluding carboxylic acids is 1. The largest absolute Gasteiger partial charge is 0.494 e. The first-order chi connectivity index (χ1) is 10.9. The van der Waals surface area contributed by atoms with Crippen molar-refractivity contribution in [2.24, 2.45) is 7.05 Å². The molecule has 124 valence electrons. The molecule has 6 heteroatoms. The minimum atomic E-state index is -1.15. The molecule has 0 aliphatic heterocycles. The number of hydrogen-bond donors (Lipinski definition) is 2. The van der Waals surface area contributed by atoms with Crippen LogP contribution in [0.5, 0.6) is 5.75 Å². The first kappa shape index (κ1) is 17.0. The van der Waals surface area contributed by atoms with Crippen LogP contribution in [0.2, 0.25) is 0 Å². The van der Waals surface area contributed by atoms with Crippen LogP contribution in [0.25, 0.3) is 0 Å². The van der Waals surface area contributed by atoms with Crippen molar-refractivity contribution in [3.8, 4) is 5.75 Å². The third kappa shape index (κ3) is 4.82. The van der Waals surface area contributed by atoms with E-state index < -0.39 is 5.60 Å². The van der Waals surface area contributed by atoms with E-state index in [-0.39, 0.29) is 18.9 Å². The second-order valence-corrected chi connectivity index (χ2v) is 5.71. The fourth-order valence-electron chi connectivity index (χ4n) is 2.19. The van der Waals surface area contributed by atoms with Crippen molar-refractivity contribution in [1.82, 2.24) is 15.1 Å². The second-order valence-electron chi connectivity index (χ2n) is 5.71. The van der Waals surface area contributed by atoms with Crippen molar-refractivity contribution in [3.63, 3.8) is 0 Å². The summed E-state index contributed by atoms with van der Waals surface area (Å²) in [6.45, 7) is 4.33. The zero-order valence-electron chi connectivity index (χ0n) is 13.7. The van der Waals surface area contributed by atoms with Crippen LogP contribution >= 0.6 is 0 Å². The van der Waals surface area contributed by atoms with E-state index in [9.17, 15) is 9.90 Å². The number of aromatic nitrogens is 2. The lowest BCUT2D eigenvalue weighted by Crippen LogP contribution is -2.39. The standard InChI is InChI=1S/C17H23N3O3/c1-4-23-15-7-5-13(6-8-15)9-16(21)18-12-17(2,22)14-10-19-20(3)11-14/h5-8,10-11,22H,4,9,12H2,1-3H3,(H,18,21). The van der Waals surface area contributed by atoms with Crippen LogP contribution in [0.3, 0.4) is 0 Å². The van der Waals surface area contributed by atoms with E-state index in [1.54, 1.807) is 31.0 Å². The number of amides is 1. The fraction of sp³-hybridized carbons (Fsp3) is 0.412. The van der Waals surface area contributed by atoms with Gasteiger partial charge in [0, 0.05) is 18.8 Å². The maximum Gasteiger partial charge on any atom is 0.224 e. The molecule has 0 bridgehead atoms. The molecule has 2 N–H and O–H groups in total. The lowest BCUT2D eigenvalue weighted by molar-refractivity contribution is -0.121. The van der Waals surface area contributed by atoms with Gasteiger partial charge in [0.1, 0.15) is 11.4 Å². The average Bonchev–Trinajstić information content (AvgIpc) is 2.95. The highest BCUT2D eigenvalue weighted by atomic mass is 16.5. The van der Waals surface area contributed by atoms with Crippen LogP contribution in [0, 0.1) is 0 Å². The lowest BCUT2D eigenvalue weighted by atomic mass is 9.99. The zero-order valence-corrected chi connectivity index (χ0v) is 13.7. The van der Waals surface area contributed by atoms with E-state index >= 15 is 0 Å². The number of carbonyl (C=O) groups is 1. The highest BCUT2D eigenvalue weighted by Crippen LogP contribution is 2.18. The van der Waals surface area contributed by atoms with E-state index in [0.717, 1.165) is 11.3 Å². The van der Waals surface area contributed by atoms with Gasteiger partial charge in [0.15, 0.2) is 0 Å². The van der Waals surface area contributed by atoms with Gasteiger partial charge in [-0.05, 0) is 31.5 Å². The molecule has 2 aromatic rings. The quantitative estimate of drug-likeness (QED) is 0.809. The van der Waals surface area contributed by atoms with Crippen molar-refractivity contribution < 1.29 is 14.6 Å². The molecule has 0 saturated carbocycles. The summed E-state index contributed by atoms with van der Waals surface area (Å²) >= 11 is 0. The van der Waals surface area contributed by atoms with Crippen molar-refractivity contribution in [3.05, 3.63) is 47.8 Å². The molecule has 1 atom stereocenters.